The van der Waals surface area contributed by atoms with Gasteiger partial charge in [-0.2, -0.15) is 0 Å². The highest BCUT2D eigenvalue weighted by Gasteiger charge is 2.40. The Morgan fingerprint density at radius 1 is 1.54 bits per heavy atom. The van der Waals surface area contributed by atoms with Crippen molar-refractivity contribution in [2.24, 2.45) is 11.1 Å². The van der Waals surface area contributed by atoms with E-state index in [0.717, 1.165) is 26.1 Å². The van der Waals surface area contributed by atoms with E-state index < -0.39 is 0 Å². The lowest BCUT2D eigenvalue weighted by molar-refractivity contribution is -0.146. The first-order valence-corrected chi connectivity index (χ1v) is 4.91. The average Bonchev–Trinajstić information content (AvgIpc) is 2.44. The molecule has 2 saturated heterocycles. The van der Waals surface area contributed by atoms with Gasteiger partial charge >= 0.3 is 0 Å². The van der Waals surface area contributed by atoms with Crippen molar-refractivity contribution in [3.8, 4) is 0 Å². The van der Waals surface area contributed by atoms with Crippen molar-refractivity contribution in [1.82, 2.24) is 4.90 Å². The van der Waals surface area contributed by atoms with Crippen molar-refractivity contribution >= 4 is 0 Å². The minimum absolute atomic E-state index is 0.0179. The van der Waals surface area contributed by atoms with Crippen LogP contribution in [0.25, 0.3) is 0 Å². The zero-order valence-corrected chi connectivity index (χ0v) is 7.91. The maximum Gasteiger partial charge on any atom is 0.0579 e. The summed E-state index contributed by atoms with van der Waals surface area (Å²) in [6, 6.07) is 0.330. The number of likely N-dealkylation sites (tertiary alicyclic amines) is 1. The van der Waals surface area contributed by atoms with Crippen molar-refractivity contribution in [1.29, 1.82) is 0 Å². The molecule has 0 aliphatic carbocycles. The molecule has 0 amide bonds. The molecule has 4 nitrogen and oxygen atoms in total. The molecule has 0 aromatic rings. The van der Waals surface area contributed by atoms with Crippen molar-refractivity contribution in [2.45, 2.75) is 12.5 Å². The highest BCUT2D eigenvalue weighted by Crippen LogP contribution is 2.28. The van der Waals surface area contributed by atoms with Crippen LogP contribution in [-0.4, -0.2) is 55.5 Å². The fraction of sp³-hybridized carbons (Fsp3) is 1.00. The number of aliphatic hydroxyl groups excluding tert-OH is 1. The summed E-state index contributed by atoms with van der Waals surface area (Å²) in [5.41, 5.74) is 5.83. The molecule has 76 valence electrons. The maximum atomic E-state index is 9.22. The molecule has 0 saturated carbocycles. The lowest BCUT2D eigenvalue weighted by atomic mass is 9.86. The summed E-state index contributed by atoms with van der Waals surface area (Å²) < 4.78 is 5.15. The summed E-state index contributed by atoms with van der Waals surface area (Å²) in [6.07, 6.45) is 1.09. The van der Waals surface area contributed by atoms with Gasteiger partial charge in [-0.05, 0) is 13.0 Å². The van der Waals surface area contributed by atoms with Gasteiger partial charge in [0.05, 0.1) is 25.2 Å². The van der Waals surface area contributed by atoms with Gasteiger partial charge in [0.15, 0.2) is 0 Å². The third kappa shape index (κ3) is 1.86. The van der Waals surface area contributed by atoms with Gasteiger partial charge in [0.1, 0.15) is 0 Å². The molecule has 0 spiro atoms. The van der Waals surface area contributed by atoms with Crippen molar-refractivity contribution in [3.05, 3.63) is 0 Å². The molecule has 2 heterocycles. The standard InChI is InChI=1S/C9H18N2O2/c10-8-1-2-11(3-8)4-9(5-12)6-13-7-9/h8,12H,1-7,10H2/t8-/m0/s1. The molecule has 0 radical (unpaired) electrons. The van der Waals surface area contributed by atoms with Gasteiger partial charge in [0, 0.05) is 19.1 Å². The van der Waals surface area contributed by atoms with Crippen LogP contribution < -0.4 is 5.73 Å². The molecule has 2 aliphatic rings. The molecule has 2 aliphatic heterocycles. The summed E-state index contributed by atoms with van der Waals surface area (Å²) in [5, 5.41) is 9.22. The summed E-state index contributed by atoms with van der Waals surface area (Å²) in [6.45, 7) is 4.63. The van der Waals surface area contributed by atoms with E-state index in [1.54, 1.807) is 0 Å². The van der Waals surface area contributed by atoms with Crippen LogP contribution in [0.1, 0.15) is 6.42 Å². The number of hydrogen-bond acceptors (Lipinski definition) is 4. The smallest absolute Gasteiger partial charge is 0.0579 e. The number of aliphatic hydroxyl groups is 1. The normalized spacial score (nSPS) is 33.2. The molecule has 3 N–H and O–H groups in total. The monoisotopic (exact) mass is 186 g/mol. The first kappa shape index (κ1) is 9.40. The largest absolute Gasteiger partial charge is 0.396 e. The quantitative estimate of drug-likeness (QED) is 0.595. The summed E-state index contributed by atoms with van der Waals surface area (Å²) in [4.78, 5) is 2.34. The molecule has 4 heteroatoms. The fourth-order valence-electron chi connectivity index (χ4n) is 2.10. The van der Waals surface area contributed by atoms with E-state index in [4.69, 9.17) is 10.5 Å². The Kier molecular flexibility index (Phi) is 2.55. The van der Waals surface area contributed by atoms with Gasteiger partial charge in [-0.25, -0.2) is 0 Å². The van der Waals surface area contributed by atoms with E-state index in [1.165, 1.54) is 0 Å². The Hall–Kier alpha value is -0.160. The Balaban J connectivity index is 1.83. The number of hydrogen-bond donors (Lipinski definition) is 2. The predicted octanol–water partition coefficient (Wildman–Crippen LogP) is -0.972. The third-order valence-corrected chi connectivity index (χ3v) is 3.02. The van der Waals surface area contributed by atoms with Crippen LogP contribution in [-0.2, 0) is 4.74 Å². The Morgan fingerprint density at radius 2 is 2.31 bits per heavy atom. The van der Waals surface area contributed by atoms with Crippen molar-refractivity contribution in [3.63, 3.8) is 0 Å². The third-order valence-electron chi connectivity index (χ3n) is 3.02. The van der Waals surface area contributed by atoms with Gasteiger partial charge < -0.3 is 20.5 Å². The van der Waals surface area contributed by atoms with Gasteiger partial charge in [-0.3, -0.25) is 0 Å². The maximum absolute atomic E-state index is 9.22. The second kappa shape index (κ2) is 3.53. The Morgan fingerprint density at radius 3 is 2.69 bits per heavy atom. The molecule has 2 rings (SSSR count). The van der Waals surface area contributed by atoms with E-state index in [9.17, 15) is 5.11 Å². The van der Waals surface area contributed by atoms with Gasteiger partial charge in [-0.15, -0.1) is 0 Å². The van der Waals surface area contributed by atoms with Crippen LogP contribution in [0.3, 0.4) is 0 Å². The number of rotatable bonds is 3. The zero-order chi connectivity index (χ0) is 9.31. The molecule has 0 aromatic carbocycles. The SMILES string of the molecule is N[C@H]1CCN(CC2(CO)COC2)C1. The van der Waals surface area contributed by atoms with Gasteiger partial charge in [-0.1, -0.05) is 0 Å². The molecule has 0 bridgehead atoms. The van der Waals surface area contributed by atoms with Gasteiger partial charge in [0.25, 0.3) is 0 Å². The van der Waals surface area contributed by atoms with E-state index >= 15 is 0 Å². The second-order valence-corrected chi connectivity index (χ2v) is 4.43. The topological polar surface area (TPSA) is 58.7 Å². The van der Waals surface area contributed by atoms with Crippen LogP contribution in [0.15, 0.2) is 0 Å². The zero-order valence-electron chi connectivity index (χ0n) is 7.91. The summed E-state index contributed by atoms with van der Waals surface area (Å²) in [5.74, 6) is 0. The van der Waals surface area contributed by atoms with Crippen LogP contribution in [0, 0.1) is 5.41 Å². The van der Waals surface area contributed by atoms with E-state index in [1.807, 2.05) is 0 Å². The van der Waals surface area contributed by atoms with Crippen LogP contribution in [0.4, 0.5) is 0 Å². The van der Waals surface area contributed by atoms with Crippen LogP contribution >= 0.6 is 0 Å². The number of ether oxygens (including phenoxy) is 1. The van der Waals surface area contributed by atoms with E-state index in [2.05, 4.69) is 4.90 Å². The lowest BCUT2D eigenvalue weighted by Crippen LogP contribution is -2.53. The molecule has 2 fully saturated rings. The predicted molar refractivity (Wildman–Crippen MR) is 49.4 cm³/mol. The fourth-order valence-corrected chi connectivity index (χ4v) is 2.10. The van der Waals surface area contributed by atoms with E-state index in [0.29, 0.717) is 19.3 Å². The van der Waals surface area contributed by atoms with Gasteiger partial charge in [0.2, 0.25) is 0 Å². The molecular formula is C9H18N2O2. The van der Waals surface area contributed by atoms with Crippen LogP contribution in [0.2, 0.25) is 0 Å². The highest BCUT2D eigenvalue weighted by molar-refractivity contribution is 4.90. The molecule has 0 aromatic heterocycles. The van der Waals surface area contributed by atoms with E-state index in [-0.39, 0.29) is 12.0 Å². The van der Waals surface area contributed by atoms with Crippen LogP contribution in [0.5, 0.6) is 0 Å². The number of nitrogens with two attached hydrogens (primary N) is 1. The first-order valence-electron chi connectivity index (χ1n) is 4.91. The Labute approximate surface area is 78.7 Å². The minimum atomic E-state index is 0.0179. The number of nitrogens with zero attached hydrogens (tertiary/aromatic N) is 1. The molecular weight excluding hydrogens is 168 g/mol. The molecule has 13 heavy (non-hydrogen) atoms. The molecule has 0 unspecified atom stereocenters. The highest BCUT2D eigenvalue weighted by atomic mass is 16.5. The first-order chi connectivity index (χ1) is 6.24. The Bertz CT molecular complexity index is 177. The lowest BCUT2D eigenvalue weighted by Gasteiger charge is -2.42. The average molecular weight is 186 g/mol. The molecule has 1 atom stereocenters. The minimum Gasteiger partial charge on any atom is -0.396 e. The second-order valence-electron chi connectivity index (χ2n) is 4.43. The summed E-state index contributed by atoms with van der Waals surface area (Å²) in [7, 11) is 0. The summed E-state index contributed by atoms with van der Waals surface area (Å²) >= 11 is 0. The van der Waals surface area contributed by atoms with Crippen molar-refractivity contribution in [2.75, 3.05) is 39.5 Å². The van der Waals surface area contributed by atoms with Crippen molar-refractivity contribution < 1.29 is 9.84 Å².